The van der Waals surface area contributed by atoms with Crippen LogP contribution in [0.2, 0.25) is 5.02 Å². The van der Waals surface area contributed by atoms with Crippen LogP contribution in [0.25, 0.3) is 0 Å². The van der Waals surface area contributed by atoms with Crippen molar-refractivity contribution < 1.29 is 9.59 Å². The number of hydrogen-bond donors (Lipinski definition) is 0. The van der Waals surface area contributed by atoms with Crippen LogP contribution in [0.5, 0.6) is 0 Å². The normalized spacial score (nSPS) is 15.9. The molecule has 1 heterocycles. The highest BCUT2D eigenvalue weighted by molar-refractivity contribution is 6.51. The second-order valence-electron chi connectivity index (χ2n) is 2.95. The lowest BCUT2D eigenvalue weighted by molar-refractivity contribution is -0.120. The van der Waals surface area contributed by atoms with Gasteiger partial charge in [0.1, 0.15) is 5.03 Å². The Morgan fingerprint density at radius 3 is 2.40 bits per heavy atom. The molecule has 0 radical (unpaired) electrons. The molecule has 0 bridgehead atoms. The fraction of sp³-hybridized carbons (Fsp3) is 0. The maximum atomic E-state index is 11.5. The molecular weight excluding hydrogens is 237 g/mol. The first kappa shape index (κ1) is 10.2. The van der Waals surface area contributed by atoms with Crippen molar-refractivity contribution in [2.45, 2.75) is 0 Å². The van der Waals surface area contributed by atoms with Crippen molar-refractivity contribution in [3.05, 3.63) is 40.4 Å². The highest BCUT2D eigenvalue weighted by Gasteiger charge is 2.31. The molecule has 0 spiro atoms. The Balaban J connectivity index is 2.42. The Morgan fingerprint density at radius 2 is 1.87 bits per heavy atom. The van der Waals surface area contributed by atoms with Crippen LogP contribution in [-0.4, -0.2) is 11.8 Å². The van der Waals surface area contributed by atoms with Crippen LogP contribution < -0.4 is 4.90 Å². The number of imide groups is 1. The van der Waals surface area contributed by atoms with Gasteiger partial charge in [-0.25, -0.2) is 4.90 Å². The summed E-state index contributed by atoms with van der Waals surface area (Å²) in [6.45, 7) is 0. The van der Waals surface area contributed by atoms with E-state index in [9.17, 15) is 9.59 Å². The fourth-order valence-corrected chi connectivity index (χ4v) is 1.66. The molecule has 0 aliphatic carbocycles. The molecule has 3 nitrogen and oxygen atoms in total. The van der Waals surface area contributed by atoms with Gasteiger partial charge in [-0.3, -0.25) is 9.59 Å². The second kappa shape index (κ2) is 3.68. The zero-order chi connectivity index (χ0) is 11.0. The Morgan fingerprint density at radius 1 is 1.13 bits per heavy atom. The summed E-state index contributed by atoms with van der Waals surface area (Å²) in [5.74, 6) is -0.976. The number of rotatable bonds is 1. The van der Waals surface area contributed by atoms with Gasteiger partial charge in [0.2, 0.25) is 0 Å². The largest absolute Gasteiger partial charge is 0.277 e. The molecule has 1 aromatic rings. The van der Waals surface area contributed by atoms with Crippen molar-refractivity contribution in [2.24, 2.45) is 0 Å². The van der Waals surface area contributed by atoms with Gasteiger partial charge in [0.25, 0.3) is 11.8 Å². The first-order valence-corrected chi connectivity index (χ1v) is 4.86. The molecule has 15 heavy (non-hydrogen) atoms. The van der Waals surface area contributed by atoms with Crippen molar-refractivity contribution in [3.8, 4) is 0 Å². The van der Waals surface area contributed by atoms with Crippen molar-refractivity contribution in [3.63, 3.8) is 0 Å². The predicted octanol–water partition coefficient (Wildman–Crippen LogP) is 2.34. The second-order valence-corrected chi connectivity index (χ2v) is 3.79. The molecule has 0 saturated heterocycles. The molecule has 2 amide bonds. The molecule has 0 saturated carbocycles. The third-order valence-electron chi connectivity index (χ3n) is 1.94. The number of hydrogen-bond acceptors (Lipinski definition) is 2. The zero-order valence-corrected chi connectivity index (χ0v) is 8.92. The summed E-state index contributed by atoms with van der Waals surface area (Å²) in [4.78, 5) is 23.9. The lowest BCUT2D eigenvalue weighted by atomic mass is 10.3. The van der Waals surface area contributed by atoms with Crippen molar-refractivity contribution in [1.82, 2.24) is 0 Å². The van der Waals surface area contributed by atoms with E-state index < -0.39 is 11.8 Å². The molecule has 1 aromatic carbocycles. The number of carbonyl (C=O) groups excluding carboxylic acids is 2. The van der Waals surface area contributed by atoms with Crippen molar-refractivity contribution in [2.75, 3.05) is 4.90 Å². The van der Waals surface area contributed by atoms with E-state index in [2.05, 4.69) is 0 Å². The van der Waals surface area contributed by atoms with Crippen LogP contribution in [0.1, 0.15) is 0 Å². The lowest BCUT2D eigenvalue weighted by Gasteiger charge is -2.13. The molecule has 1 aliphatic rings. The third-order valence-corrected chi connectivity index (χ3v) is 2.45. The van der Waals surface area contributed by atoms with Gasteiger partial charge in [-0.15, -0.1) is 0 Å². The van der Waals surface area contributed by atoms with E-state index in [1.165, 1.54) is 6.07 Å². The van der Waals surface area contributed by atoms with Gasteiger partial charge in [-0.1, -0.05) is 29.3 Å². The van der Waals surface area contributed by atoms with Crippen LogP contribution in [-0.2, 0) is 9.59 Å². The number of nitrogens with zero attached hydrogens (tertiary/aromatic N) is 1. The van der Waals surface area contributed by atoms with Crippen LogP contribution in [0, 0.1) is 0 Å². The number of halogens is 2. The summed E-state index contributed by atoms with van der Waals surface area (Å²) in [6.07, 6.45) is 1.09. The van der Waals surface area contributed by atoms with Gasteiger partial charge in [0.15, 0.2) is 0 Å². The SMILES string of the molecule is O=C1C=C(Cl)C(=O)N1c1cccc(Cl)c1. The summed E-state index contributed by atoms with van der Waals surface area (Å²) in [6, 6.07) is 6.46. The minimum atomic E-state index is -0.524. The van der Waals surface area contributed by atoms with Gasteiger partial charge in [0, 0.05) is 11.1 Å². The molecule has 0 fully saturated rings. The minimum absolute atomic E-state index is 0.0834. The monoisotopic (exact) mass is 241 g/mol. The molecule has 5 heteroatoms. The average molecular weight is 242 g/mol. The Kier molecular flexibility index (Phi) is 2.50. The topological polar surface area (TPSA) is 37.4 Å². The van der Waals surface area contributed by atoms with Gasteiger partial charge < -0.3 is 0 Å². The van der Waals surface area contributed by atoms with Gasteiger partial charge >= 0.3 is 0 Å². The van der Waals surface area contributed by atoms with Crippen LogP contribution in [0.15, 0.2) is 35.4 Å². The quantitative estimate of drug-likeness (QED) is 0.708. The van der Waals surface area contributed by atoms with Crippen LogP contribution in [0.4, 0.5) is 5.69 Å². The Bertz CT molecular complexity index is 482. The van der Waals surface area contributed by atoms with E-state index in [0.29, 0.717) is 10.7 Å². The van der Waals surface area contributed by atoms with E-state index in [4.69, 9.17) is 23.2 Å². The Labute approximate surface area is 95.9 Å². The summed E-state index contributed by atoms with van der Waals surface area (Å²) >= 11 is 11.3. The third kappa shape index (κ3) is 1.76. The van der Waals surface area contributed by atoms with Gasteiger partial charge in [-0.05, 0) is 18.2 Å². The van der Waals surface area contributed by atoms with E-state index >= 15 is 0 Å². The number of amides is 2. The van der Waals surface area contributed by atoms with Gasteiger partial charge in [0.05, 0.1) is 5.69 Å². The molecule has 0 unspecified atom stereocenters. The van der Waals surface area contributed by atoms with Crippen molar-refractivity contribution >= 4 is 40.7 Å². The average Bonchev–Trinajstić information content (AvgIpc) is 2.41. The fourth-order valence-electron chi connectivity index (χ4n) is 1.30. The predicted molar refractivity (Wildman–Crippen MR) is 57.9 cm³/mol. The summed E-state index contributed by atoms with van der Waals surface area (Å²) in [7, 11) is 0. The molecule has 76 valence electrons. The molecular formula is C10H5Cl2NO2. The van der Waals surface area contributed by atoms with Crippen LogP contribution in [0.3, 0.4) is 0 Å². The molecule has 2 rings (SSSR count). The van der Waals surface area contributed by atoms with Crippen LogP contribution >= 0.6 is 23.2 Å². The lowest BCUT2D eigenvalue weighted by Crippen LogP contribution is -2.30. The summed E-state index contributed by atoms with van der Waals surface area (Å²) < 4.78 is 0. The highest BCUT2D eigenvalue weighted by Crippen LogP contribution is 2.26. The summed E-state index contributed by atoms with van der Waals surface area (Å²) in [5.41, 5.74) is 0.421. The smallest absolute Gasteiger partial charge is 0.269 e. The number of anilines is 1. The molecule has 0 N–H and O–H groups in total. The van der Waals surface area contributed by atoms with E-state index in [-0.39, 0.29) is 5.03 Å². The molecule has 1 aliphatic heterocycles. The molecule has 0 atom stereocenters. The minimum Gasteiger partial charge on any atom is -0.269 e. The number of carbonyl (C=O) groups is 2. The van der Waals surface area contributed by atoms with Gasteiger partial charge in [-0.2, -0.15) is 0 Å². The number of benzene rings is 1. The Hall–Kier alpha value is -1.32. The highest BCUT2D eigenvalue weighted by atomic mass is 35.5. The maximum absolute atomic E-state index is 11.5. The van der Waals surface area contributed by atoms with Crippen molar-refractivity contribution in [1.29, 1.82) is 0 Å². The van der Waals surface area contributed by atoms with E-state index in [1.54, 1.807) is 18.2 Å². The van der Waals surface area contributed by atoms with E-state index in [0.717, 1.165) is 11.0 Å². The zero-order valence-electron chi connectivity index (χ0n) is 7.41. The maximum Gasteiger partial charge on any atom is 0.277 e. The first-order valence-electron chi connectivity index (χ1n) is 4.11. The molecule has 0 aromatic heterocycles. The van der Waals surface area contributed by atoms with E-state index in [1.807, 2.05) is 0 Å². The first-order chi connectivity index (χ1) is 7.09. The summed E-state index contributed by atoms with van der Waals surface area (Å²) in [5, 5.41) is 0.371. The standard InChI is InChI=1S/C10H5Cl2NO2/c11-6-2-1-3-7(4-6)13-9(14)5-8(12)10(13)15/h1-5H.